The van der Waals surface area contributed by atoms with Crippen LogP contribution < -0.4 is 0 Å². The summed E-state index contributed by atoms with van der Waals surface area (Å²) in [5.41, 5.74) is 0. The quantitative estimate of drug-likeness (QED) is 0.796. The smallest absolute Gasteiger partial charge is 0.307 e. The molecule has 90 valence electrons. The molecule has 1 unspecified atom stereocenters. The lowest BCUT2D eigenvalue weighted by Gasteiger charge is -2.21. The zero-order valence-electron chi connectivity index (χ0n) is 9.85. The molecule has 0 fully saturated rings. The van der Waals surface area contributed by atoms with E-state index in [2.05, 4.69) is 29.3 Å². The highest BCUT2D eigenvalue weighted by molar-refractivity contribution is 7.09. The minimum Gasteiger partial charge on any atom is -0.481 e. The van der Waals surface area contributed by atoms with Crippen molar-refractivity contribution >= 4 is 17.3 Å². The molecule has 3 nitrogen and oxygen atoms in total. The van der Waals surface area contributed by atoms with Gasteiger partial charge in [-0.2, -0.15) is 0 Å². The summed E-state index contributed by atoms with van der Waals surface area (Å²) in [5, 5.41) is 10.9. The van der Waals surface area contributed by atoms with Gasteiger partial charge in [-0.1, -0.05) is 19.9 Å². The van der Waals surface area contributed by atoms with Crippen molar-refractivity contribution in [2.45, 2.75) is 20.3 Å². The van der Waals surface area contributed by atoms with E-state index in [9.17, 15) is 4.79 Å². The number of hydrogen-bond donors (Lipinski definition) is 1. The number of carboxylic acids is 1. The lowest BCUT2D eigenvalue weighted by atomic mass is 10.1. The van der Waals surface area contributed by atoms with E-state index in [4.69, 9.17) is 5.11 Å². The summed E-state index contributed by atoms with van der Waals surface area (Å²) in [6.07, 6.45) is 1.01. The van der Waals surface area contributed by atoms with Gasteiger partial charge in [0, 0.05) is 18.0 Å². The summed E-state index contributed by atoms with van der Waals surface area (Å²) in [6, 6.07) is 4.18. The summed E-state index contributed by atoms with van der Waals surface area (Å²) >= 11 is 1.76. The van der Waals surface area contributed by atoms with E-state index < -0.39 is 5.97 Å². The molecule has 1 aromatic heterocycles. The van der Waals surface area contributed by atoms with Crippen LogP contribution in [0, 0.1) is 5.92 Å². The van der Waals surface area contributed by atoms with Gasteiger partial charge in [-0.15, -0.1) is 11.3 Å². The molecular formula is C12H19NO2S. The van der Waals surface area contributed by atoms with Gasteiger partial charge < -0.3 is 10.0 Å². The summed E-state index contributed by atoms with van der Waals surface area (Å²) in [4.78, 5) is 14.3. The van der Waals surface area contributed by atoms with Crippen molar-refractivity contribution in [1.29, 1.82) is 0 Å². The molecule has 1 atom stereocenters. The third kappa shape index (κ3) is 4.33. The minimum atomic E-state index is -0.713. The number of hydrogen-bond acceptors (Lipinski definition) is 3. The van der Waals surface area contributed by atoms with Gasteiger partial charge in [-0.3, -0.25) is 4.79 Å². The van der Waals surface area contributed by atoms with E-state index in [1.807, 2.05) is 0 Å². The average molecular weight is 241 g/mol. The number of aliphatic carboxylic acids is 1. The van der Waals surface area contributed by atoms with Gasteiger partial charge in [0.15, 0.2) is 0 Å². The molecule has 0 radical (unpaired) electrons. The van der Waals surface area contributed by atoms with Crippen LogP contribution in [0.15, 0.2) is 17.5 Å². The summed E-state index contributed by atoms with van der Waals surface area (Å²) in [5.74, 6) is -1.00. The largest absolute Gasteiger partial charge is 0.481 e. The molecule has 0 aliphatic carbocycles. The Balaban J connectivity index is 2.34. The fraction of sp³-hybridized carbons (Fsp3) is 0.583. The fourth-order valence-corrected chi connectivity index (χ4v) is 2.27. The van der Waals surface area contributed by atoms with E-state index in [1.165, 1.54) is 4.88 Å². The molecule has 0 saturated heterocycles. The van der Waals surface area contributed by atoms with Gasteiger partial charge in [-0.25, -0.2) is 0 Å². The second-order valence-electron chi connectivity index (χ2n) is 3.96. The second-order valence-corrected chi connectivity index (χ2v) is 4.99. The third-order valence-electron chi connectivity index (χ3n) is 2.66. The Morgan fingerprint density at radius 1 is 1.62 bits per heavy atom. The molecule has 1 rings (SSSR count). The summed E-state index contributed by atoms with van der Waals surface area (Å²) in [6.45, 7) is 6.31. The predicted octanol–water partition coefficient (Wildman–Crippen LogP) is 2.33. The van der Waals surface area contributed by atoms with Gasteiger partial charge in [0.2, 0.25) is 0 Å². The van der Waals surface area contributed by atoms with E-state index >= 15 is 0 Å². The van der Waals surface area contributed by atoms with Crippen LogP contribution in [-0.4, -0.2) is 35.6 Å². The third-order valence-corrected chi connectivity index (χ3v) is 3.59. The first kappa shape index (κ1) is 13.2. The van der Waals surface area contributed by atoms with Gasteiger partial charge >= 0.3 is 5.97 Å². The number of carbonyl (C=O) groups is 1. The number of likely N-dealkylation sites (N-methyl/N-ethyl adjacent to an activating group) is 1. The zero-order chi connectivity index (χ0) is 12.0. The molecule has 1 heterocycles. The first-order valence-corrected chi connectivity index (χ1v) is 6.49. The van der Waals surface area contributed by atoms with Crippen molar-refractivity contribution in [2.24, 2.45) is 5.92 Å². The molecule has 0 aliphatic heterocycles. The van der Waals surface area contributed by atoms with Crippen molar-refractivity contribution in [2.75, 3.05) is 19.6 Å². The van der Waals surface area contributed by atoms with E-state index in [-0.39, 0.29) is 5.92 Å². The number of nitrogens with zero attached hydrogens (tertiary/aromatic N) is 1. The van der Waals surface area contributed by atoms with Crippen LogP contribution in [0.25, 0.3) is 0 Å². The number of thiophene rings is 1. The molecule has 0 saturated carbocycles. The molecule has 16 heavy (non-hydrogen) atoms. The van der Waals surface area contributed by atoms with Crippen molar-refractivity contribution < 1.29 is 9.90 Å². The Hall–Kier alpha value is -0.870. The topological polar surface area (TPSA) is 40.5 Å². The van der Waals surface area contributed by atoms with E-state index in [0.717, 1.165) is 19.5 Å². The van der Waals surface area contributed by atoms with Crippen molar-refractivity contribution in [3.05, 3.63) is 22.4 Å². The first-order valence-electron chi connectivity index (χ1n) is 5.61. The molecule has 1 N–H and O–H groups in total. The van der Waals surface area contributed by atoms with Crippen LogP contribution in [0.1, 0.15) is 18.7 Å². The Labute approximate surface area is 101 Å². The lowest BCUT2D eigenvalue weighted by Crippen LogP contribution is -2.33. The minimum absolute atomic E-state index is 0.289. The molecule has 0 aliphatic rings. The lowest BCUT2D eigenvalue weighted by molar-refractivity contribution is -0.141. The van der Waals surface area contributed by atoms with Crippen LogP contribution in [0.4, 0.5) is 0 Å². The van der Waals surface area contributed by atoms with Gasteiger partial charge in [-0.05, 0) is 24.4 Å². The van der Waals surface area contributed by atoms with Gasteiger partial charge in [0.1, 0.15) is 0 Å². The predicted molar refractivity (Wildman–Crippen MR) is 66.9 cm³/mol. The van der Waals surface area contributed by atoms with Crippen LogP contribution in [0.3, 0.4) is 0 Å². The highest BCUT2D eigenvalue weighted by atomic mass is 32.1. The van der Waals surface area contributed by atoms with Crippen molar-refractivity contribution in [3.63, 3.8) is 0 Å². The first-order chi connectivity index (χ1) is 7.63. The van der Waals surface area contributed by atoms with Crippen LogP contribution >= 0.6 is 11.3 Å². The van der Waals surface area contributed by atoms with Gasteiger partial charge in [0.25, 0.3) is 0 Å². The Kier molecular flexibility index (Phi) is 5.49. The molecule has 0 aromatic carbocycles. The number of carboxylic acid groups (broad SMARTS) is 1. The monoisotopic (exact) mass is 241 g/mol. The molecule has 0 amide bonds. The van der Waals surface area contributed by atoms with Crippen LogP contribution in [0.2, 0.25) is 0 Å². The van der Waals surface area contributed by atoms with Crippen LogP contribution in [0.5, 0.6) is 0 Å². The molecule has 0 bridgehead atoms. The average Bonchev–Trinajstić information content (AvgIpc) is 2.76. The molecule has 0 spiro atoms. The Morgan fingerprint density at radius 3 is 2.88 bits per heavy atom. The molecule has 1 aromatic rings. The van der Waals surface area contributed by atoms with Crippen LogP contribution in [-0.2, 0) is 11.2 Å². The Bertz CT molecular complexity index is 311. The normalized spacial score (nSPS) is 12.9. The summed E-state index contributed by atoms with van der Waals surface area (Å²) < 4.78 is 0. The SMILES string of the molecule is CCN(CCc1cccs1)CC(C)C(=O)O. The van der Waals surface area contributed by atoms with Gasteiger partial charge in [0.05, 0.1) is 5.92 Å². The maximum atomic E-state index is 10.8. The fourth-order valence-electron chi connectivity index (χ4n) is 1.57. The molecular weight excluding hydrogens is 222 g/mol. The van der Waals surface area contributed by atoms with E-state index in [1.54, 1.807) is 18.3 Å². The highest BCUT2D eigenvalue weighted by Crippen LogP contribution is 2.10. The van der Waals surface area contributed by atoms with Crippen molar-refractivity contribution in [3.8, 4) is 0 Å². The standard InChI is InChI=1S/C12H19NO2S/c1-3-13(9-10(2)12(14)15)7-6-11-5-4-8-16-11/h4-5,8,10H,3,6-7,9H2,1-2H3,(H,14,15). The van der Waals surface area contributed by atoms with Crippen molar-refractivity contribution in [1.82, 2.24) is 4.90 Å². The highest BCUT2D eigenvalue weighted by Gasteiger charge is 2.14. The maximum absolute atomic E-state index is 10.8. The Morgan fingerprint density at radius 2 is 2.38 bits per heavy atom. The molecule has 4 heteroatoms. The van der Waals surface area contributed by atoms with E-state index in [0.29, 0.717) is 6.54 Å². The summed E-state index contributed by atoms with van der Waals surface area (Å²) in [7, 11) is 0. The zero-order valence-corrected chi connectivity index (χ0v) is 10.7. The number of rotatable bonds is 7. The maximum Gasteiger partial charge on any atom is 0.307 e. The second kappa shape index (κ2) is 6.66.